The summed E-state index contributed by atoms with van der Waals surface area (Å²) in [4.78, 5) is 23.9. The Balaban J connectivity index is 2.06. The number of amides is 1. The van der Waals surface area contributed by atoms with E-state index in [-0.39, 0.29) is 11.4 Å². The summed E-state index contributed by atoms with van der Waals surface area (Å²) in [6, 6.07) is 7.00. The van der Waals surface area contributed by atoms with Gasteiger partial charge < -0.3 is 0 Å². The number of hydrogen-bond donors (Lipinski definition) is 1. The Hall–Kier alpha value is -2.68. The molecule has 132 valence electrons. The Morgan fingerprint density at radius 1 is 1.40 bits per heavy atom. The Labute approximate surface area is 149 Å². The first-order valence-electron chi connectivity index (χ1n) is 7.52. The van der Waals surface area contributed by atoms with Crippen molar-refractivity contribution in [1.82, 2.24) is 15.2 Å². The molecule has 1 aromatic heterocycles. The second kappa shape index (κ2) is 7.93. The maximum atomic E-state index is 12.2. The number of aryl methyl sites for hydroxylation is 1. The standard InChI is InChI=1S/C16H19N5O3S/c1-10-15(21(23)24)11(2)20(19-10)12(3)16(22)18-17-9-13-5-7-14(25-4)8-6-13/h5-9,12H,1-4H3,(H,18,22)/b17-9+. The molecule has 1 heterocycles. The van der Waals surface area contributed by atoms with Gasteiger partial charge in [0.15, 0.2) is 0 Å². The van der Waals surface area contributed by atoms with Crippen LogP contribution in [0.1, 0.15) is 29.9 Å². The lowest BCUT2D eigenvalue weighted by atomic mass is 10.2. The van der Waals surface area contributed by atoms with Crippen LogP contribution in [0.4, 0.5) is 5.69 Å². The third-order valence-corrected chi connectivity index (χ3v) is 4.46. The molecule has 1 atom stereocenters. The molecule has 0 aliphatic heterocycles. The minimum atomic E-state index is -0.719. The molecule has 9 heteroatoms. The first-order valence-corrected chi connectivity index (χ1v) is 8.74. The monoisotopic (exact) mass is 361 g/mol. The quantitative estimate of drug-likeness (QED) is 0.369. The van der Waals surface area contributed by atoms with Crippen molar-refractivity contribution in [2.24, 2.45) is 5.10 Å². The molecule has 0 fully saturated rings. The van der Waals surface area contributed by atoms with Crippen molar-refractivity contribution in [2.45, 2.75) is 31.7 Å². The summed E-state index contributed by atoms with van der Waals surface area (Å²) < 4.78 is 1.34. The number of nitrogens with one attached hydrogen (secondary N) is 1. The van der Waals surface area contributed by atoms with Gasteiger partial charge in [0.2, 0.25) is 0 Å². The molecule has 0 bridgehead atoms. The van der Waals surface area contributed by atoms with Crippen LogP contribution in [0.15, 0.2) is 34.3 Å². The molecular formula is C16H19N5O3S. The Kier molecular flexibility index (Phi) is 5.92. The van der Waals surface area contributed by atoms with E-state index in [4.69, 9.17) is 0 Å². The van der Waals surface area contributed by atoms with Crippen LogP contribution < -0.4 is 5.43 Å². The molecular weight excluding hydrogens is 342 g/mol. The summed E-state index contributed by atoms with van der Waals surface area (Å²) in [6.07, 6.45) is 3.53. The molecule has 2 rings (SSSR count). The summed E-state index contributed by atoms with van der Waals surface area (Å²) in [5, 5.41) is 19.1. The predicted molar refractivity (Wildman–Crippen MR) is 97.0 cm³/mol. The van der Waals surface area contributed by atoms with Crippen LogP contribution >= 0.6 is 11.8 Å². The highest BCUT2D eigenvalue weighted by molar-refractivity contribution is 7.98. The molecule has 0 radical (unpaired) electrons. The fourth-order valence-electron chi connectivity index (χ4n) is 2.36. The molecule has 1 amide bonds. The van der Waals surface area contributed by atoms with Crippen LogP contribution in [0.3, 0.4) is 0 Å². The Morgan fingerprint density at radius 2 is 2.04 bits per heavy atom. The van der Waals surface area contributed by atoms with Gasteiger partial charge in [-0.25, -0.2) is 5.43 Å². The summed E-state index contributed by atoms with van der Waals surface area (Å²) in [5.41, 5.74) is 3.83. The van der Waals surface area contributed by atoms with E-state index in [9.17, 15) is 14.9 Å². The second-order valence-corrected chi connectivity index (χ2v) is 6.28. The van der Waals surface area contributed by atoms with Crippen molar-refractivity contribution in [2.75, 3.05) is 6.26 Å². The van der Waals surface area contributed by atoms with Gasteiger partial charge >= 0.3 is 5.69 Å². The number of hydrazone groups is 1. The van der Waals surface area contributed by atoms with E-state index in [1.54, 1.807) is 38.7 Å². The predicted octanol–water partition coefficient (Wildman–Crippen LogP) is 2.84. The molecule has 2 aromatic rings. The molecule has 0 spiro atoms. The van der Waals surface area contributed by atoms with E-state index in [1.807, 2.05) is 30.5 Å². The van der Waals surface area contributed by atoms with Crippen LogP contribution in [-0.2, 0) is 4.79 Å². The maximum absolute atomic E-state index is 12.2. The zero-order valence-corrected chi connectivity index (χ0v) is 15.2. The van der Waals surface area contributed by atoms with Gasteiger partial charge in [-0.15, -0.1) is 11.8 Å². The van der Waals surface area contributed by atoms with Gasteiger partial charge in [-0.1, -0.05) is 12.1 Å². The van der Waals surface area contributed by atoms with E-state index < -0.39 is 16.9 Å². The van der Waals surface area contributed by atoms with E-state index in [2.05, 4.69) is 15.6 Å². The van der Waals surface area contributed by atoms with E-state index in [1.165, 1.54) is 4.68 Å². The van der Waals surface area contributed by atoms with Crippen LogP contribution in [-0.4, -0.2) is 33.1 Å². The third kappa shape index (κ3) is 4.24. The minimum absolute atomic E-state index is 0.0722. The van der Waals surface area contributed by atoms with Crippen molar-refractivity contribution in [3.63, 3.8) is 0 Å². The van der Waals surface area contributed by atoms with Gasteiger partial charge in [-0.3, -0.25) is 19.6 Å². The van der Waals surface area contributed by atoms with Crippen LogP contribution in [0, 0.1) is 24.0 Å². The average molecular weight is 361 g/mol. The van der Waals surface area contributed by atoms with Gasteiger partial charge in [0, 0.05) is 4.90 Å². The number of hydrogen-bond acceptors (Lipinski definition) is 6. The van der Waals surface area contributed by atoms with Gasteiger partial charge in [0.1, 0.15) is 17.4 Å². The number of nitro groups is 1. The van der Waals surface area contributed by atoms with Gasteiger partial charge in [-0.05, 0) is 44.7 Å². The highest BCUT2D eigenvalue weighted by Crippen LogP contribution is 2.24. The van der Waals surface area contributed by atoms with E-state index in [0.29, 0.717) is 5.69 Å². The summed E-state index contributed by atoms with van der Waals surface area (Å²) in [6.45, 7) is 4.72. The zero-order chi connectivity index (χ0) is 18.6. The topological polar surface area (TPSA) is 102 Å². The fraction of sp³-hybridized carbons (Fsp3) is 0.312. The lowest BCUT2D eigenvalue weighted by molar-refractivity contribution is -0.386. The number of rotatable bonds is 6. The van der Waals surface area contributed by atoms with Crippen LogP contribution in [0.2, 0.25) is 0 Å². The summed E-state index contributed by atoms with van der Waals surface area (Å²) >= 11 is 1.64. The molecule has 8 nitrogen and oxygen atoms in total. The van der Waals surface area contributed by atoms with Gasteiger partial charge in [-0.2, -0.15) is 10.2 Å². The molecule has 0 saturated carbocycles. The van der Waals surface area contributed by atoms with E-state index >= 15 is 0 Å². The molecule has 0 saturated heterocycles. The summed E-state index contributed by atoms with van der Waals surface area (Å²) in [5.74, 6) is -0.405. The number of benzene rings is 1. The molecule has 1 unspecified atom stereocenters. The Morgan fingerprint density at radius 3 is 2.56 bits per heavy atom. The van der Waals surface area contributed by atoms with Crippen LogP contribution in [0.5, 0.6) is 0 Å². The first-order chi connectivity index (χ1) is 11.8. The number of thioether (sulfide) groups is 1. The lowest BCUT2D eigenvalue weighted by Crippen LogP contribution is -2.28. The zero-order valence-electron chi connectivity index (χ0n) is 14.4. The fourth-order valence-corrected chi connectivity index (χ4v) is 2.77. The molecule has 0 aliphatic rings. The maximum Gasteiger partial charge on any atom is 0.312 e. The van der Waals surface area contributed by atoms with Crippen molar-refractivity contribution in [3.8, 4) is 0 Å². The summed E-state index contributed by atoms with van der Waals surface area (Å²) in [7, 11) is 0. The van der Waals surface area contributed by atoms with E-state index in [0.717, 1.165) is 10.5 Å². The van der Waals surface area contributed by atoms with Crippen LogP contribution in [0.25, 0.3) is 0 Å². The van der Waals surface area contributed by atoms with Crippen molar-refractivity contribution in [3.05, 3.63) is 51.3 Å². The first kappa shape index (κ1) is 18.7. The normalized spacial score (nSPS) is 12.3. The minimum Gasteiger partial charge on any atom is -0.271 e. The largest absolute Gasteiger partial charge is 0.312 e. The Bertz CT molecular complexity index is 814. The lowest BCUT2D eigenvalue weighted by Gasteiger charge is -2.11. The average Bonchev–Trinajstić information content (AvgIpc) is 2.89. The SMILES string of the molecule is CSc1ccc(/C=N/NC(=O)C(C)n2nc(C)c([N+](=O)[O-])c2C)cc1. The highest BCUT2D eigenvalue weighted by Gasteiger charge is 2.26. The second-order valence-electron chi connectivity index (χ2n) is 5.40. The molecule has 1 aromatic carbocycles. The van der Waals surface area contributed by atoms with Crippen molar-refractivity contribution in [1.29, 1.82) is 0 Å². The van der Waals surface area contributed by atoms with Crippen molar-refractivity contribution >= 4 is 29.6 Å². The molecule has 0 aliphatic carbocycles. The molecule has 25 heavy (non-hydrogen) atoms. The third-order valence-electron chi connectivity index (χ3n) is 3.72. The number of nitrogens with zero attached hydrogens (tertiary/aromatic N) is 4. The van der Waals surface area contributed by atoms with Gasteiger partial charge in [0.25, 0.3) is 5.91 Å². The van der Waals surface area contributed by atoms with Gasteiger partial charge in [0.05, 0.1) is 11.1 Å². The number of carbonyl (C=O) groups is 1. The highest BCUT2D eigenvalue weighted by atomic mass is 32.2. The molecule has 1 N–H and O–H groups in total. The number of aromatic nitrogens is 2. The smallest absolute Gasteiger partial charge is 0.271 e. The van der Waals surface area contributed by atoms with Crippen molar-refractivity contribution < 1.29 is 9.72 Å². The number of carbonyl (C=O) groups excluding carboxylic acids is 1.